The lowest BCUT2D eigenvalue weighted by Crippen LogP contribution is -2.45. The number of likely N-dealkylation sites (N-methyl/N-ethyl adjacent to an activating group) is 1. The van der Waals surface area contributed by atoms with Crippen molar-refractivity contribution in [1.29, 1.82) is 5.26 Å². The predicted molar refractivity (Wildman–Crippen MR) is 80.5 cm³/mol. The third-order valence-electron chi connectivity index (χ3n) is 4.00. The lowest BCUT2D eigenvalue weighted by molar-refractivity contribution is -0.122. The van der Waals surface area contributed by atoms with E-state index < -0.39 is 0 Å². The highest BCUT2D eigenvalue weighted by molar-refractivity contribution is 5.77. The Morgan fingerprint density at radius 1 is 1.48 bits per heavy atom. The second-order valence-corrected chi connectivity index (χ2v) is 5.56. The van der Waals surface area contributed by atoms with Gasteiger partial charge in [0.1, 0.15) is 11.8 Å². The van der Waals surface area contributed by atoms with Gasteiger partial charge >= 0.3 is 0 Å². The standard InChI is InChI=1S/C15H23N5O/c1-17-15(21)11-20-5-3-13(4-6-20)18-9-12-7-14(8-16)19(2)10-12/h7,10,13,18H,3-6,9,11H2,1-2H3,(H,17,21). The molecule has 1 fully saturated rings. The number of nitrogens with one attached hydrogen (secondary N) is 2. The van der Waals surface area contributed by atoms with Crippen LogP contribution >= 0.6 is 0 Å². The maximum Gasteiger partial charge on any atom is 0.233 e. The lowest BCUT2D eigenvalue weighted by atomic mass is 10.0. The molecule has 1 aliphatic heterocycles. The molecule has 0 saturated carbocycles. The number of aryl methyl sites for hydroxylation is 1. The van der Waals surface area contributed by atoms with Gasteiger partial charge < -0.3 is 15.2 Å². The van der Waals surface area contributed by atoms with E-state index in [1.54, 1.807) is 7.05 Å². The van der Waals surface area contributed by atoms with Crippen LogP contribution in [0.5, 0.6) is 0 Å². The molecule has 114 valence electrons. The van der Waals surface area contributed by atoms with Gasteiger partial charge in [-0.2, -0.15) is 5.26 Å². The molecule has 2 N–H and O–H groups in total. The first kappa shape index (κ1) is 15.5. The second-order valence-electron chi connectivity index (χ2n) is 5.56. The second kappa shape index (κ2) is 7.25. The number of carbonyl (C=O) groups is 1. The summed E-state index contributed by atoms with van der Waals surface area (Å²) in [6.07, 6.45) is 4.09. The third kappa shape index (κ3) is 4.31. The van der Waals surface area contributed by atoms with Crippen LogP contribution in [0, 0.1) is 11.3 Å². The third-order valence-corrected chi connectivity index (χ3v) is 4.00. The molecular weight excluding hydrogens is 266 g/mol. The first-order valence-corrected chi connectivity index (χ1v) is 7.34. The number of rotatable bonds is 5. The molecule has 0 spiro atoms. The van der Waals surface area contributed by atoms with Gasteiger partial charge in [-0.15, -0.1) is 0 Å². The van der Waals surface area contributed by atoms with Gasteiger partial charge in [0.2, 0.25) is 5.91 Å². The first-order valence-electron chi connectivity index (χ1n) is 7.34. The van der Waals surface area contributed by atoms with Crippen LogP contribution in [0.3, 0.4) is 0 Å². The summed E-state index contributed by atoms with van der Waals surface area (Å²) in [5, 5.41) is 15.1. The summed E-state index contributed by atoms with van der Waals surface area (Å²) in [7, 11) is 3.56. The minimum absolute atomic E-state index is 0.0785. The van der Waals surface area contributed by atoms with E-state index in [4.69, 9.17) is 5.26 Å². The van der Waals surface area contributed by atoms with Crippen LogP contribution < -0.4 is 10.6 Å². The van der Waals surface area contributed by atoms with E-state index in [9.17, 15) is 4.79 Å². The molecular formula is C15H23N5O. The van der Waals surface area contributed by atoms with Crippen LogP contribution in [0.4, 0.5) is 0 Å². The fraction of sp³-hybridized carbons (Fsp3) is 0.600. The van der Waals surface area contributed by atoms with Gasteiger partial charge in [0, 0.05) is 46.0 Å². The average Bonchev–Trinajstić information content (AvgIpc) is 2.86. The van der Waals surface area contributed by atoms with Crippen LogP contribution in [-0.2, 0) is 18.4 Å². The molecule has 1 aliphatic rings. The summed E-state index contributed by atoms with van der Waals surface area (Å²) in [5.41, 5.74) is 1.83. The van der Waals surface area contributed by atoms with Gasteiger partial charge in [0.15, 0.2) is 0 Å². The highest BCUT2D eigenvalue weighted by atomic mass is 16.1. The smallest absolute Gasteiger partial charge is 0.233 e. The van der Waals surface area contributed by atoms with Gasteiger partial charge in [-0.3, -0.25) is 9.69 Å². The van der Waals surface area contributed by atoms with Gasteiger partial charge in [-0.05, 0) is 24.5 Å². The van der Waals surface area contributed by atoms with Crippen LogP contribution in [0.15, 0.2) is 12.3 Å². The number of carbonyl (C=O) groups excluding carboxylic acids is 1. The molecule has 1 saturated heterocycles. The Bertz CT molecular complexity index is 523. The molecule has 2 rings (SSSR count). The van der Waals surface area contributed by atoms with Crippen molar-refractivity contribution in [1.82, 2.24) is 20.1 Å². The Hall–Kier alpha value is -1.84. The number of hydrogen-bond donors (Lipinski definition) is 2. The number of piperidine rings is 1. The number of hydrogen-bond acceptors (Lipinski definition) is 4. The van der Waals surface area contributed by atoms with Crippen molar-refractivity contribution in [3.8, 4) is 6.07 Å². The minimum atomic E-state index is 0.0785. The topological polar surface area (TPSA) is 73.1 Å². The molecule has 21 heavy (non-hydrogen) atoms. The first-order chi connectivity index (χ1) is 10.1. The molecule has 6 nitrogen and oxygen atoms in total. The maximum absolute atomic E-state index is 11.3. The largest absolute Gasteiger partial charge is 0.358 e. The molecule has 0 unspecified atom stereocenters. The normalized spacial score (nSPS) is 16.6. The van der Waals surface area contributed by atoms with Crippen molar-refractivity contribution in [2.45, 2.75) is 25.4 Å². The van der Waals surface area contributed by atoms with Crippen molar-refractivity contribution in [2.75, 3.05) is 26.7 Å². The predicted octanol–water partition coefficient (Wildman–Crippen LogP) is 0.197. The van der Waals surface area contributed by atoms with Crippen molar-refractivity contribution >= 4 is 5.91 Å². The SMILES string of the molecule is CNC(=O)CN1CCC(NCc2cc(C#N)n(C)c2)CC1. The molecule has 6 heteroatoms. The number of aromatic nitrogens is 1. The molecule has 0 aliphatic carbocycles. The number of amides is 1. The number of nitrogens with zero attached hydrogens (tertiary/aromatic N) is 3. The molecule has 0 radical (unpaired) electrons. The quantitative estimate of drug-likeness (QED) is 0.812. The van der Waals surface area contributed by atoms with Gasteiger partial charge in [-0.1, -0.05) is 0 Å². The van der Waals surface area contributed by atoms with Crippen molar-refractivity contribution in [3.05, 3.63) is 23.5 Å². The molecule has 2 heterocycles. The average molecular weight is 289 g/mol. The van der Waals surface area contributed by atoms with Gasteiger partial charge in [0.25, 0.3) is 0 Å². The van der Waals surface area contributed by atoms with Crippen LogP contribution in [-0.4, -0.2) is 48.1 Å². The molecule has 0 atom stereocenters. The van der Waals surface area contributed by atoms with E-state index in [0.29, 0.717) is 18.3 Å². The Labute approximate surface area is 125 Å². The Balaban J connectivity index is 1.73. The van der Waals surface area contributed by atoms with E-state index >= 15 is 0 Å². The van der Waals surface area contributed by atoms with Crippen LogP contribution in [0.2, 0.25) is 0 Å². The zero-order valence-electron chi connectivity index (χ0n) is 12.7. The zero-order chi connectivity index (χ0) is 15.2. The fourth-order valence-corrected chi connectivity index (χ4v) is 2.68. The summed E-state index contributed by atoms with van der Waals surface area (Å²) in [6, 6.07) is 4.58. The molecule has 0 aromatic carbocycles. The summed E-state index contributed by atoms with van der Waals surface area (Å²) < 4.78 is 1.85. The fourth-order valence-electron chi connectivity index (χ4n) is 2.68. The van der Waals surface area contributed by atoms with E-state index in [1.807, 2.05) is 23.9 Å². The molecule has 1 amide bonds. The Morgan fingerprint density at radius 3 is 2.76 bits per heavy atom. The van der Waals surface area contributed by atoms with E-state index in [0.717, 1.165) is 38.0 Å². The maximum atomic E-state index is 11.3. The highest BCUT2D eigenvalue weighted by Crippen LogP contribution is 2.12. The van der Waals surface area contributed by atoms with Crippen LogP contribution in [0.1, 0.15) is 24.1 Å². The van der Waals surface area contributed by atoms with Crippen LogP contribution in [0.25, 0.3) is 0 Å². The van der Waals surface area contributed by atoms with E-state index in [2.05, 4.69) is 21.6 Å². The molecule has 0 bridgehead atoms. The van der Waals surface area contributed by atoms with E-state index in [1.165, 1.54) is 0 Å². The number of likely N-dealkylation sites (tertiary alicyclic amines) is 1. The monoisotopic (exact) mass is 289 g/mol. The van der Waals surface area contributed by atoms with E-state index in [-0.39, 0.29) is 5.91 Å². The molecule has 1 aromatic rings. The minimum Gasteiger partial charge on any atom is -0.358 e. The van der Waals surface area contributed by atoms with Gasteiger partial charge in [-0.25, -0.2) is 0 Å². The summed E-state index contributed by atoms with van der Waals surface area (Å²) in [5.74, 6) is 0.0785. The highest BCUT2D eigenvalue weighted by Gasteiger charge is 2.20. The summed E-state index contributed by atoms with van der Waals surface area (Å²) >= 11 is 0. The Morgan fingerprint density at radius 2 is 2.19 bits per heavy atom. The Kier molecular flexibility index (Phi) is 5.37. The lowest BCUT2D eigenvalue weighted by Gasteiger charge is -2.31. The van der Waals surface area contributed by atoms with Crippen molar-refractivity contribution < 1.29 is 4.79 Å². The van der Waals surface area contributed by atoms with Crippen molar-refractivity contribution in [2.24, 2.45) is 7.05 Å². The van der Waals surface area contributed by atoms with Gasteiger partial charge in [0.05, 0.1) is 6.54 Å². The summed E-state index contributed by atoms with van der Waals surface area (Å²) in [4.78, 5) is 13.5. The van der Waals surface area contributed by atoms with Crippen molar-refractivity contribution in [3.63, 3.8) is 0 Å². The number of nitriles is 1. The molecule has 1 aromatic heterocycles. The summed E-state index contributed by atoms with van der Waals surface area (Å²) in [6.45, 7) is 3.18. The zero-order valence-corrected chi connectivity index (χ0v) is 12.7.